The Morgan fingerprint density at radius 2 is 1.13 bits per heavy atom. The van der Waals surface area contributed by atoms with Gasteiger partial charge in [0.05, 0.1) is 25.4 Å². The number of aliphatic hydroxyl groups is 7. The molecule has 0 saturated carbocycles. The molecule has 1 aliphatic heterocycles. The number of carbonyl (C=O) groups excluding carboxylic acids is 1. The molecule has 1 rings (SSSR count). The fourth-order valence-corrected chi connectivity index (χ4v) is 6.73. The second-order valence-electron chi connectivity index (χ2n) is 15.1. The van der Waals surface area contributed by atoms with Gasteiger partial charge in [0, 0.05) is 0 Å². The molecule has 0 spiro atoms. The lowest BCUT2D eigenvalue weighted by molar-refractivity contribution is -0.303. The molecule has 0 aromatic heterocycles. The summed E-state index contributed by atoms with van der Waals surface area (Å²) in [4.78, 5) is 13.0. The topological polar surface area (TPSA) is 189 Å². The van der Waals surface area contributed by atoms with E-state index in [1.165, 1.54) is 96.3 Å². The van der Waals surface area contributed by atoms with Gasteiger partial charge in [0.1, 0.15) is 36.6 Å². The van der Waals surface area contributed by atoms with E-state index in [4.69, 9.17) is 9.47 Å². The lowest BCUT2D eigenvalue weighted by atomic mass is 9.98. The molecule has 9 unspecified atom stereocenters. The molecule has 9 atom stereocenters. The Morgan fingerprint density at radius 1 is 0.654 bits per heavy atom. The zero-order valence-electron chi connectivity index (χ0n) is 32.8. The molecule has 0 aromatic carbocycles. The van der Waals surface area contributed by atoms with E-state index in [-0.39, 0.29) is 12.8 Å². The Morgan fingerprint density at radius 3 is 1.65 bits per heavy atom. The van der Waals surface area contributed by atoms with Crippen molar-refractivity contribution < 1.29 is 50.0 Å². The van der Waals surface area contributed by atoms with Crippen LogP contribution >= 0.6 is 0 Å². The molecule has 52 heavy (non-hydrogen) atoms. The van der Waals surface area contributed by atoms with Crippen LogP contribution in [-0.4, -0.2) is 110 Å². The predicted molar refractivity (Wildman–Crippen MR) is 206 cm³/mol. The molecule has 1 amide bonds. The van der Waals surface area contributed by atoms with Crippen LogP contribution < -0.4 is 5.32 Å². The van der Waals surface area contributed by atoms with Gasteiger partial charge in [0.15, 0.2) is 6.29 Å². The van der Waals surface area contributed by atoms with Gasteiger partial charge in [-0.05, 0) is 38.5 Å². The summed E-state index contributed by atoms with van der Waals surface area (Å²) in [6, 6.07) is -1.18. The van der Waals surface area contributed by atoms with E-state index in [1.807, 2.05) is 0 Å². The number of hydrogen-bond acceptors (Lipinski definition) is 10. The van der Waals surface area contributed by atoms with Crippen molar-refractivity contribution in [2.75, 3.05) is 13.2 Å². The standard InChI is InChI=1S/C41H79NO10/c1-3-5-7-9-11-13-15-17-19-21-23-25-27-29-34(45)40(50)42-32(31-51-41-39(49)38(48)37(47)35(30-43)52-41)36(46)33(44)28-26-24-22-20-18-16-14-12-10-8-6-4-2/h20,22,32-39,41,43-49H,3-19,21,23-31H2,1-2H3,(H,42,50)/b22-20+. The summed E-state index contributed by atoms with van der Waals surface area (Å²) in [6.07, 6.45) is 19.8. The van der Waals surface area contributed by atoms with E-state index < -0.39 is 74.2 Å². The Bertz CT molecular complexity index is 861. The van der Waals surface area contributed by atoms with Crippen molar-refractivity contribution >= 4 is 5.91 Å². The first kappa shape index (κ1) is 48.9. The van der Waals surface area contributed by atoms with Crippen LogP contribution in [0.2, 0.25) is 0 Å². The third-order valence-electron chi connectivity index (χ3n) is 10.3. The number of nitrogens with one attached hydrogen (secondary N) is 1. The third-order valence-corrected chi connectivity index (χ3v) is 10.3. The first-order chi connectivity index (χ1) is 25.2. The van der Waals surface area contributed by atoms with Gasteiger partial charge in [-0.2, -0.15) is 0 Å². The average Bonchev–Trinajstić information content (AvgIpc) is 3.14. The molecule has 11 heteroatoms. The van der Waals surface area contributed by atoms with E-state index in [1.54, 1.807) is 0 Å². The highest BCUT2D eigenvalue weighted by Gasteiger charge is 2.44. The quantitative estimate of drug-likeness (QED) is 0.0299. The number of hydrogen-bond donors (Lipinski definition) is 8. The first-order valence-electron chi connectivity index (χ1n) is 21.1. The smallest absolute Gasteiger partial charge is 0.249 e. The summed E-state index contributed by atoms with van der Waals surface area (Å²) < 4.78 is 11.0. The number of ether oxygens (including phenoxy) is 2. The highest BCUT2D eigenvalue weighted by Crippen LogP contribution is 2.23. The number of aliphatic hydroxyl groups excluding tert-OH is 7. The lowest BCUT2D eigenvalue weighted by Gasteiger charge is -2.40. The molecule has 308 valence electrons. The van der Waals surface area contributed by atoms with Crippen LogP contribution in [0.1, 0.15) is 174 Å². The molecule has 0 radical (unpaired) electrons. The molecule has 8 N–H and O–H groups in total. The minimum absolute atomic E-state index is 0.258. The minimum Gasteiger partial charge on any atom is -0.394 e. The molecular weight excluding hydrogens is 666 g/mol. The van der Waals surface area contributed by atoms with Crippen molar-refractivity contribution in [3.05, 3.63) is 12.2 Å². The van der Waals surface area contributed by atoms with Gasteiger partial charge in [0.2, 0.25) is 5.91 Å². The molecule has 1 fully saturated rings. The van der Waals surface area contributed by atoms with Gasteiger partial charge in [-0.3, -0.25) is 4.79 Å². The zero-order valence-corrected chi connectivity index (χ0v) is 32.8. The molecule has 0 aromatic rings. The maximum Gasteiger partial charge on any atom is 0.249 e. The molecular formula is C41H79NO10. The number of allylic oxidation sites excluding steroid dienone is 2. The van der Waals surface area contributed by atoms with Crippen LogP contribution in [0.4, 0.5) is 0 Å². The fourth-order valence-electron chi connectivity index (χ4n) is 6.73. The van der Waals surface area contributed by atoms with E-state index in [2.05, 4.69) is 31.3 Å². The van der Waals surface area contributed by atoms with Crippen LogP contribution in [0.5, 0.6) is 0 Å². The molecule has 1 aliphatic rings. The number of rotatable bonds is 34. The summed E-state index contributed by atoms with van der Waals surface area (Å²) in [5.74, 6) is -0.708. The lowest BCUT2D eigenvalue weighted by Crippen LogP contribution is -2.60. The second kappa shape index (κ2) is 32.1. The Labute approximate surface area is 315 Å². The van der Waals surface area contributed by atoms with Gasteiger partial charge in [-0.15, -0.1) is 0 Å². The van der Waals surface area contributed by atoms with Crippen LogP contribution in [0.15, 0.2) is 12.2 Å². The Kier molecular flexibility index (Phi) is 30.2. The van der Waals surface area contributed by atoms with E-state index in [0.29, 0.717) is 12.8 Å². The van der Waals surface area contributed by atoms with Crippen molar-refractivity contribution in [3.63, 3.8) is 0 Å². The predicted octanol–water partition coefficient (Wildman–Crippen LogP) is 5.72. The van der Waals surface area contributed by atoms with Crippen LogP contribution in [0.3, 0.4) is 0 Å². The van der Waals surface area contributed by atoms with Gasteiger partial charge in [-0.25, -0.2) is 0 Å². The molecule has 0 aliphatic carbocycles. The van der Waals surface area contributed by atoms with Gasteiger partial charge < -0.3 is 50.5 Å². The fraction of sp³-hybridized carbons (Fsp3) is 0.927. The Balaban J connectivity index is 2.54. The highest BCUT2D eigenvalue weighted by atomic mass is 16.7. The van der Waals surface area contributed by atoms with E-state index >= 15 is 0 Å². The highest BCUT2D eigenvalue weighted by molar-refractivity contribution is 5.80. The monoisotopic (exact) mass is 746 g/mol. The molecule has 1 heterocycles. The first-order valence-corrected chi connectivity index (χ1v) is 21.1. The maximum absolute atomic E-state index is 13.0. The summed E-state index contributed by atoms with van der Waals surface area (Å²) >= 11 is 0. The molecule has 0 bridgehead atoms. The van der Waals surface area contributed by atoms with Gasteiger partial charge >= 0.3 is 0 Å². The number of amides is 1. The van der Waals surface area contributed by atoms with E-state index in [9.17, 15) is 40.5 Å². The zero-order chi connectivity index (χ0) is 38.4. The van der Waals surface area contributed by atoms with Crippen LogP contribution in [0, 0.1) is 0 Å². The van der Waals surface area contributed by atoms with Crippen molar-refractivity contribution in [1.29, 1.82) is 0 Å². The van der Waals surface area contributed by atoms with Crippen molar-refractivity contribution in [2.24, 2.45) is 0 Å². The molecule has 1 saturated heterocycles. The van der Waals surface area contributed by atoms with Crippen LogP contribution in [0.25, 0.3) is 0 Å². The summed E-state index contributed by atoms with van der Waals surface area (Å²) in [7, 11) is 0. The van der Waals surface area contributed by atoms with Gasteiger partial charge in [-0.1, -0.05) is 148 Å². The average molecular weight is 746 g/mol. The maximum atomic E-state index is 13.0. The Hall–Kier alpha value is -1.15. The van der Waals surface area contributed by atoms with E-state index in [0.717, 1.165) is 38.5 Å². The summed E-state index contributed by atoms with van der Waals surface area (Å²) in [6.45, 7) is 3.39. The third kappa shape index (κ3) is 22.3. The number of carbonyl (C=O) groups is 1. The van der Waals surface area contributed by atoms with Gasteiger partial charge in [0.25, 0.3) is 0 Å². The van der Waals surface area contributed by atoms with Crippen molar-refractivity contribution in [2.45, 2.75) is 229 Å². The molecule has 11 nitrogen and oxygen atoms in total. The second-order valence-corrected chi connectivity index (χ2v) is 15.1. The SMILES string of the molecule is CCCCCCCCC/C=C/CCCC(O)C(O)C(COC1OC(CO)C(O)C(O)C1O)NC(=O)C(O)CCCCCCCCCCCCCCC. The van der Waals surface area contributed by atoms with Crippen molar-refractivity contribution in [1.82, 2.24) is 5.32 Å². The normalized spacial score (nSPS) is 23.1. The summed E-state index contributed by atoms with van der Waals surface area (Å²) in [5.41, 5.74) is 0. The van der Waals surface area contributed by atoms with Crippen LogP contribution in [-0.2, 0) is 14.3 Å². The largest absolute Gasteiger partial charge is 0.394 e. The summed E-state index contributed by atoms with van der Waals surface area (Å²) in [5, 5.41) is 75.3. The minimum atomic E-state index is -1.66. The van der Waals surface area contributed by atoms with Crippen molar-refractivity contribution in [3.8, 4) is 0 Å². The number of unbranched alkanes of at least 4 members (excludes halogenated alkanes) is 20.